The van der Waals surface area contributed by atoms with Crippen LogP contribution in [0.5, 0.6) is 0 Å². The molecule has 0 amide bonds. The average molecular weight is 243 g/mol. The maximum absolute atomic E-state index is 8.71. The normalized spacial score (nSPS) is 24.5. The SMILES string of the molecule is OCCCCCCN1CCCC2(C1)OCCO2. The van der Waals surface area contributed by atoms with Gasteiger partial charge in [-0.2, -0.15) is 0 Å². The third kappa shape index (κ3) is 3.91. The molecule has 2 rings (SSSR count). The van der Waals surface area contributed by atoms with E-state index in [1.165, 1.54) is 25.8 Å². The number of aliphatic hydroxyl groups is 1. The quantitative estimate of drug-likeness (QED) is 0.716. The lowest BCUT2D eigenvalue weighted by molar-refractivity contribution is -0.189. The molecule has 0 saturated carbocycles. The van der Waals surface area contributed by atoms with E-state index in [4.69, 9.17) is 14.6 Å². The number of nitrogens with zero attached hydrogens (tertiary/aromatic N) is 1. The summed E-state index contributed by atoms with van der Waals surface area (Å²) in [6.07, 6.45) is 6.74. The first-order valence-electron chi connectivity index (χ1n) is 6.96. The molecule has 100 valence electrons. The summed E-state index contributed by atoms with van der Waals surface area (Å²) in [5, 5.41) is 8.71. The molecule has 2 aliphatic heterocycles. The van der Waals surface area contributed by atoms with E-state index >= 15 is 0 Å². The highest BCUT2D eigenvalue weighted by atomic mass is 16.7. The van der Waals surface area contributed by atoms with E-state index < -0.39 is 0 Å². The largest absolute Gasteiger partial charge is 0.396 e. The molecule has 1 N–H and O–H groups in total. The number of unbranched alkanes of at least 4 members (excludes halogenated alkanes) is 3. The highest BCUT2D eigenvalue weighted by Crippen LogP contribution is 2.30. The Morgan fingerprint density at radius 3 is 2.59 bits per heavy atom. The van der Waals surface area contributed by atoms with Crippen LogP contribution in [0.25, 0.3) is 0 Å². The van der Waals surface area contributed by atoms with Gasteiger partial charge in [0, 0.05) is 13.0 Å². The fraction of sp³-hybridized carbons (Fsp3) is 1.00. The molecule has 0 aromatic heterocycles. The molecule has 0 bridgehead atoms. The Morgan fingerprint density at radius 2 is 1.82 bits per heavy atom. The minimum atomic E-state index is -0.274. The molecule has 2 heterocycles. The molecule has 4 nitrogen and oxygen atoms in total. The number of hydrogen-bond acceptors (Lipinski definition) is 4. The van der Waals surface area contributed by atoms with Crippen molar-refractivity contribution in [3.05, 3.63) is 0 Å². The molecular formula is C13H25NO3. The molecule has 0 unspecified atom stereocenters. The molecule has 0 atom stereocenters. The van der Waals surface area contributed by atoms with Gasteiger partial charge in [0.15, 0.2) is 5.79 Å². The van der Waals surface area contributed by atoms with Gasteiger partial charge in [0.1, 0.15) is 0 Å². The Labute approximate surface area is 104 Å². The fourth-order valence-electron chi connectivity index (χ4n) is 2.80. The summed E-state index contributed by atoms with van der Waals surface area (Å²) in [5.74, 6) is -0.274. The third-order valence-corrected chi connectivity index (χ3v) is 3.69. The van der Waals surface area contributed by atoms with Crippen LogP contribution in [0.4, 0.5) is 0 Å². The molecule has 1 spiro atoms. The van der Waals surface area contributed by atoms with Crippen molar-refractivity contribution in [3.8, 4) is 0 Å². The zero-order valence-electron chi connectivity index (χ0n) is 10.7. The molecular weight excluding hydrogens is 218 g/mol. The van der Waals surface area contributed by atoms with Crippen molar-refractivity contribution in [1.29, 1.82) is 0 Å². The molecule has 2 saturated heterocycles. The minimum absolute atomic E-state index is 0.274. The van der Waals surface area contributed by atoms with Crippen LogP contribution in [0, 0.1) is 0 Å². The van der Waals surface area contributed by atoms with Crippen LogP contribution in [-0.2, 0) is 9.47 Å². The maximum atomic E-state index is 8.71. The molecule has 2 fully saturated rings. The molecule has 0 aromatic rings. The van der Waals surface area contributed by atoms with Gasteiger partial charge >= 0.3 is 0 Å². The lowest BCUT2D eigenvalue weighted by Gasteiger charge is -2.38. The van der Waals surface area contributed by atoms with Crippen LogP contribution in [-0.4, -0.2) is 55.2 Å². The van der Waals surface area contributed by atoms with E-state index in [0.29, 0.717) is 6.61 Å². The van der Waals surface area contributed by atoms with E-state index in [9.17, 15) is 0 Å². The van der Waals surface area contributed by atoms with E-state index in [1.807, 2.05) is 0 Å². The Morgan fingerprint density at radius 1 is 1.06 bits per heavy atom. The van der Waals surface area contributed by atoms with Crippen molar-refractivity contribution in [2.24, 2.45) is 0 Å². The second-order valence-electron chi connectivity index (χ2n) is 5.13. The first kappa shape index (κ1) is 13.3. The van der Waals surface area contributed by atoms with Gasteiger partial charge in [0.05, 0.1) is 19.8 Å². The Bertz CT molecular complexity index is 217. The Kier molecular flexibility index (Phi) is 5.22. The Balaban J connectivity index is 1.63. The first-order valence-corrected chi connectivity index (χ1v) is 6.96. The second kappa shape index (κ2) is 6.69. The van der Waals surface area contributed by atoms with Crippen molar-refractivity contribution >= 4 is 0 Å². The van der Waals surface area contributed by atoms with Crippen LogP contribution in [0.1, 0.15) is 38.5 Å². The van der Waals surface area contributed by atoms with Crippen LogP contribution >= 0.6 is 0 Å². The highest BCUT2D eigenvalue weighted by Gasteiger charge is 2.40. The summed E-state index contributed by atoms with van der Waals surface area (Å²) in [4.78, 5) is 2.47. The summed E-state index contributed by atoms with van der Waals surface area (Å²) >= 11 is 0. The van der Waals surface area contributed by atoms with Crippen LogP contribution < -0.4 is 0 Å². The van der Waals surface area contributed by atoms with Gasteiger partial charge in [-0.15, -0.1) is 0 Å². The number of aliphatic hydroxyl groups excluding tert-OH is 1. The van der Waals surface area contributed by atoms with Gasteiger partial charge in [0.2, 0.25) is 0 Å². The zero-order chi connectivity index (χ0) is 12.0. The summed E-state index contributed by atoms with van der Waals surface area (Å²) < 4.78 is 11.5. The van der Waals surface area contributed by atoms with E-state index in [-0.39, 0.29) is 5.79 Å². The molecule has 0 aromatic carbocycles. The molecule has 0 radical (unpaired) electrons. The van der Waals surface area contributed by atoms with Crippen molar-refractivity contribution in [2.45, 2.75) is 44.3 Å². The van der Waals surface area contributed by atoms with E-state index in [1.54, 1.807) is 0 Å². The molecule has 17 heavy (non-hydrogen) atoms. The lowest BCUT2D eigenvalue weighted by atomic mass is 10.0. The average Bonchev–Trinajstić information content (AvgIpc) is 2.77. The smallest absolute Gasteiger partial charge is 0.181 e. The van der Waals surface area contributed by atoms with Gasteiger partial charge in [-0.05, 0) is 32.4 Å². The lowest BCUT2D eigenvalue weighted by Crippen LogP contribution is -2.49. The summed E-state index contributed by atoms with van der Waals surface area (Å²) in [5.41, 5.74) is 0. The van der Waals surface area contributed by atoms with E-state index in [0.717, 1.165) is 45.6 Å². The number of hydrogen-bond donors (Lipinski definition) is 1. The third-order valence-electron chi connectivity index (χ3n) is 3.69. The van der Waals surface area contributed by atoms with Crippen LogP contribution in [0.3, 0.4) is 0 Å². The first-order chi connectivity index (χ1) is 8.35. The molecule has 2 aliphatic rings. The van der Waals surface area contributed by atoms with Crippen LogP contribution in [0.2, 0.25) is 0 Å². The minimum Gasteiger partial charge on any atom is -0.396 e. The van der Waals surface area contributed by atoms with Crippen molar-refractivity contribution in [2.75, 3.05) is 39.5 Å². The van der Waals surface area contributed by atoms with Gasteiger partial charge in [-0.3, -0.25) is 4.90 Å². The van der Waals surface area contributed by atoms with Crippen LogP contribution in [0.15, 0.2) is 0 Å². The van der Waals surface area contributed by atoms with Crippen molar-refractivity contribution in [1.82, 2.24) is 4.90 Å². The standard InChI is InChI=1S/C13H25NO3/c15-9-4-2-1-3-7-14-8-5-6-13(12-14)16-10-11-17-13/h15H,1-12H2. The van der Waals surface area contributed by atoms with Crippen molar-refractivity contribution in [3.63, 3.8) is 0 Å². The predicted octanol–water partition coefficient (Wildman–Crippen LogP) is 1.38. The monoisotopic (exact) mass is 243 g/mol. The fourth-order valence-corrected chi connectivity index (χ4v) is 2.80. The van der Waals surface area contributed by atoms with E-state index in [2.05, 4.69) is 4.90 Å². The number of piperidine rings is 1. The topological polar surface area (TPSA) is 41.9 Å². The van der Waals surface area contributed by atoms with Gasteiger partial charge < -0.3 is 14.6 Å². The number of rotatable bonds is 6. The predicted molar refractivity (Wildman–Crippen MR) is 65.9 cm³/mol. The number of ether oxygens (including phenoxy) is 2. The Hall–Kier alpha value is -0.160. The summed E-state index contributed by atoms with van der Waals surface area (Å²) in [6.45, 7) is 5.09. The van der Waals surface area contributed by atoms with Gasteiger partial charge in [-0.1, -0.05) is 12.8 Å². The maximum Gasteiger partial charge on any atom is 0.181 e. The second-order valence-corrected chi connectivity index (χ2v) is 5.13. The molecule has 4 heteroatoms. The number of likely N-dealkylation sites (tertiary alicyclic amines) is 1. The summed E-state index contributed by atoms with van der Waals surface area (Å²) in [7, 11) is 0. The highest BCUT2D eigenvalue weighted by molar-refractivity contribution is 4.83. The van der Waals surface area contributed by atoms with Gasteiger partial charge in [-0.25, -0.2) is 0 Å². The zero-order valence-corrected chi connectivity index (χ0v) is 10.7. The van der Waals surface area contributed by atoms with Crippen molar-refractivity contribution < 1.29 is 14.6 Å². The molecule has 0 aliphatic carbocycles. The summed E-state index contributed by atoms with van der Waals surface area (Å²) in [6, 6.07) is 0. The van der Waals surface area contributed by atoms with Gasteiger partial charge in [0.25, 0.3) is 0 Å².